The quantitative estimate of drug-likeness (QED) is 0.709. The highest BCUT2D eigenvalue weighted by Gasteiger charge is 2.54. The minimum absolute atomic E-state index is 0.0495. The van der Waals surface area contributed by atoms with Crippen LogP contribution in [0.2, 0.25) is 0 Å². The fraction of sp³-hybridized carbons (Fsp3) is 0.714. The van der Waals surface area contributed by atoms with Crippen LogP contribution in [-0.4, -0.2) is 54.6 Å². The Balaban J connectivity index is 1.57. The molecule has 0 spiro atoms. The molecule has 0 bridgehead atoms. The van der Waals surface area contributed by atoms with Gasteiger partial charge in [0.2, 0.25) is 0 Å². The molecule has 1 saturated carbocycles. The maximum atomic E-state index is 12.7. The van der Waals surface area contributed by atoms with Gasteiger partial charge in [-0.25, -0.2) is 0 Å². The van der Waals surface area contributed by atoms with Crippen molar-refractivity contribution in [3.63, 3.8) is 0 Å². The van der Waals surface area contributed by atoms with Crippen molar-refractivity contribution < 1.29 is 19.1 Å². The lowest BCUT2D eigenvalue weighted by molar-refractivity contribution is -0.145. The van der Waals surface area contributed by atoms with Crippen molar-refractivity contribution in [2.45, 2.75) is 58.8 Å². The molecule has 5 nitrogen and oxygen atoms in total. The Kier molecular flexibility index (Phi) is 4.35. The topological polar surface area (TPSA) is 55.8 Å². The summed E-state index contributed by atoms with van der Waals surface area (Å²) in [4.78, 5) is 27.3. The van der Waals surface area contributed by atoms with E-state index in [1.54, 1.807) is 6.08 Å². The van der Waals surface area contributed by atoms with Gasteiger partial charge in [0.15, 0.2) is 5.78 Å². The molecule has 4 rings (SSSR count). The molecule has 0 aromatic heterocycles. The largest absolute Gasteiger partial charge is 0.457 e. The van der Waals surface area contributed by atoms with Crippen LogP contribution in [0.3, 0.4) is 0 Å². The molecule has 0 radical (unpaired) electrons. The number of ether oxygens (including phenoxy) is 2. The molecule has 2 aliphatic carbocycles. The average Bonchev–Trinajstić information content (AvgIpc) is 2.86. The van der Waals surface area contributed by atoms with E-state index in [0.717, 1.165) is 43.6 Å². The van der Waals surface area contributed by atoms with Gasteiger partial charge in [0.1, 0.15) is 6.10 Å². The summed E-state index contributed by atoms with van der Waals surface area (Å²) < 4.78 is 11.7. The van der Waals surface area contributed by atoms with E-state index < -0.39 is 0 Å². The maximum Gasteiger partial charge on any atom is 0.311 e. The van der Waals surface area contributed by atoms with Crippen LogP contribution in [0.15, 0.2) is 23.3 Å². The zero-order valence-electron chi connectivity index (χ0n) is 16.2. The van der Waals surface area contributed by atoms with Gasteiger partial charge in [0, 0.05) is 36.5 Å². The molecule has 0 aromatic rings. The van der Waals surface area contributed by atoms with E-state index in [1.165, 1.54) is 0 Å². The average molecular weight is 359 g/mol. The summed E-state index contributed by atoms with van der Waals surface area (Å²) in [7, 11) is 0. The number of fused-ring (bicyclic) bond motifs is 3. The number of carbonyl (C=O) groups is 2. The zero-order chi connectivity index (χ0) is 18.6. The van der Waals surface area contributed by atoms with Gasteiger partial charge in [0.05, 0.1) is 18.1 Å². The van der Waals surface area contributed by atoms with E-state index in [1.807, 2.05) is 13.0 Å². The Bertz CT molecular complexity index is 686. The Labute approximate surface area is 155 Å². The maximum absolute atomic E-state index is 12.7. The lowest BCUT2D eigenvalue weighted by Gasteiger charge is -2.43. The third kappa shape index (κ3) is 2.85. The smallest absolute Gasteiger partial charge is 0.311 e. The molecule has 0 aromatic carbocycles. The molecular weight excluding hydrogens is 330 g/mol. The zero-order valence-corrected chi connectivity index (χ0v) is 16.2. The van der Waals surface area contributed by atoms with Gasteiger partial charge >= 0.3 is 5.97 Å². The van der Waals surface area contributed by atoms with Gasteiger partial charge in [-0.2, -0.15) is 0 Å². The van der Waals surface area contributed by atoms with Crippen LogP contribution < -0.4 is 0 Å². The number of rotatable bonds is 2. The summed E-state index contributed by atoms with van der Waals surface area (Å²) >= 11 is 0. The van der Waals surface area contributed by atoms with E-state index >= 15 is 0 Å². The van der Waals surface area contributed by atoms with Crippen molar-refractivity contribution >= 4 is 11.8 Å². The van der Waals surface area contributed by atoms with E-state index in [2.05, 4.69) is 25.7 Å². The first-order valence-corrected chi connectivity index (χ1v) is 9.81. The second-order valence-electron chi connectivity index (χ2n) is 8.80. The molecule has 5 heteroatoms. The molecule has 26 heavy (non-hydrogen) atoms. The molecule has 0 N–H and O–H groups in total. The van der Waals surface area contributed by atoms with Crippen molar-refractivity contribution in [2.75, 3.05) is 19.6 Å². The van der Waals surface area contributed by atoms with E-state index in [-0.39, 0.29) is 47.3 Å². The minimum Gasteiger partial charge on any atom is -0.457 e. The van der Waals surface area contributed by atoms with Crippen molar-refractivity contribution in [2.24, 2.45) is 17.3 Å². The van der Waals surface area contributed by atoms with E-state index in [0.29, 0.717) is 0 Å². The number of hydrogen-bond donors (Lipinski definition) is 0. The minimum atomic E-state index is -0.240. The first kappa shape index (κ1) is 17.9. The van der Waals surface area contributed by atoms with Gasteiger partial charge in [-0.05, 0) is 45.3 Å². The number of esters is 1. The fourth-order valence-electron chi connectivity index (χ4n) is 5.49. The summed E-state index contributed by atoms with van der Waals surface area (Å²) in [5.41, 5.74) is 1.66. The van der Waals surface area contributed by atoms with Crippen LogP contribution in [0, 0.1) is 17.3 Å². The Morgan fingerprint density at radius 2 is 1.92 bits per heavy atom. The predicted octanol–water partition coefficient (Wildman–Crippen LogP) is 2.51. The van der Waals surface area contributed by atoms with Gasteiger partial charge in [0.25, 0.3) is 0 Å². The molecule has 0 unspecified atom stereocenters. The van der Waals surface area contributed by atoms with Crippen molar-refractivity contribution in [1.29, 1.82) is 0 Å². The molecule has 0 amide bonds. The highest BCUT2D eigenvalue weighted by molar-refractivity contribution is 6.05. The predicted molar refractivity (Wildman–Crippen MR) is 97.5 cm³/mol. The number of hydrogen-bond acceptors (Lipinski definition) is 5. The third-order valence-electron chi connectivity index (χ3n) is 6.67. The SMILES string of the molecule is CC1=C2[C@H]3OC(=O)[C@H](CN4C[C@H](C)O[C@@H](C)C4)[C@@H]3CC[C@@]2(C)C=CC1=O. The Hall–Kier alpha value is -1.46. The number of carbonyl (C=O) groups excluding carboxylic acids is 2. The standard InChI is InChI=1S/C21H29NO4/c1-12-9-22(10-13(2)25-12)11-16-15-5-7-21(4)8-6-17(23)14(3)18(21)19(15)26-20(16)24/h6,8,12-13,15-16,19H,5,7,9-11H2,1-4H3/t12-,13-,15-,16+,19-,21-/m0/s1. The summed E-state index contributed by atoms with van der Waals surface area (Å²) in [5, 5.41) is 0. The molecule has 3 fully saturated rings. The second kappa shape index (κ2) is 6.31. The van der Waals surface area contributed by atoms with Gasteiger partial charge in [-0.1, -0.05) is 13.0 Å². The van der Waals surface area contributed by atoms with Crippen LogP contribution >= 0.6 is 0 Å². The van der Waals surface area contributed by atoms with E-state index in [9.17, 15) is 9.59 Å². The monoisotopic (exact) mass is 359 g/mol. The summed E-state index contributed by atoms with van der Waals surface area (Å²) in [5.74, 6) is 0.0171. The molecule has 2 aliphatic heterocycles. The third-order valence-corrected chi connectivity index (χ3v) is 6.67. The first-order valence-electron chi connectivity index (χ1n) is 9.81. The molecule has 2 heterocycles. The lowest BCUT2D eigenvalue weighted by atomic mass is 9.61. The molecule has 4 aliphatic rings. The van der Waals surface area contributed by atoms with Crippen LogP contribution in [0.1, 0.15) is 40.5 Å². The van der Waals surface area contributed by atoms with Crippen LogP contribution in [0.25, 0.3) is 0 Å². The van der Waals surface area contributed by atoms with Crippen LogP contribution in [0.4, 0.5) is 0 Å². The fourth-order valence-corrected chi connectivity index (χ4v) is 5.49. The Morgan fingerprint density at radius 1 is 1.23 bits per heavy atom. The van der Waals surface area contributed by atoms with Crippen LogP contribution in [-0.2, 0) is 19.1 Å². The molecule has 142 valence electrons. The van der Waals surface area contributed by atoms with E-state index in [4.69, 9.17) is 9.47 Å². The van der Waals surface area contributed by atoms with Crippen molar-refractivity contribution in [1.82, 2.24) is 4.90 Å². The highest BCUT2D eigenvalue weighted by Crippen LogP contribution is 2.53. The number of morpholine rings is 1. The lowest BCUT2D eigenvalue weighted by Crippen LogP contribution is -2.49. The van der Waals surface area contributed by atoms with Gasteiger partial charge in [-0.3, -0.25) is 14.5 Å². The summed E-state index contributed by atoms with van der Waals surface area (Å²) in [6.45, 7) is 10.6. The number of nitrogens with zero attached hydrogens (tertiary/aromatic N) is 1. The number of ketones is 1. The normalized spacial score (nSPS) is 43.3. The van der Waals surface area contributed by atoms with Crippen molar-refractivity contribution in [3.05, 3.63) is 23.3 Å². The van der Waals surface area contributed by atoms with Gasteiger partial charge < -0.3 is 9.47 Å². The van der Waals surface area contributed by atoms with Crippen LogP contribution in [0.5, 0.6) is 0 Å². The molecular formula is C21H29NO4. The van der Waals surface area contributed by atoms with Gasteiger partial charge in [-0.15, -0.1) is 0 Å². The Morgan fingerprint density at radius 3 is 2.62 bits per heavy atom. The molecule has 2 saturated heterocycles. The summed E-state index contributed by atoms with van der Waals surface area (Å²) in [6, 6.07) is 0. The highest BCUT2D eigenvalue weighted by atomic mass is 16.6. The number of allylic oxidation sites excluding steroid dienone is 3. The first-order chi connectivity index (χ1) is 12.3. The molecule has 6 atom stereocenters. The second-order valence-corrected chi connectivity index (χ2v) is 8.80. The van der Waals surface area contributed by atoms with Crippen molar-refractivity contribution in [3.8, 4) is 0 Å². The summed E-state index contributed by atoms with van der Waals surface area (Å²) in [6.07, 6.45) is 5.76.